The van der Waals surface area contributed by atoms with Gasteiger partial charge in [0.1, 0.15) is 0 Å². The zero-order valence-electron chi connectivity index (χ0n) is 13.9. The number of benzene rings is 1. The number of rotatable bonds is 4. The van der Waals surface area contributed by atoms with E-state index in [9.17, 15) is 5.26 Å². The van der Waals surface area contributed by atoms with Crippen molar-refractivity contribution >= 4 is 22.5 Å². The van der Waals surface area contributed by atoms with Gasteiger partial charge < -0.3 is 4.98 Å². The first kappa shape index (κ1) is 15.7. The molecule has 3 heterocycles. The second kappa shape index (κ2) is 5.65. The summed E-state index contributed by atoms with van der Waals surface area (Å²) in [5, 5.41) is 10.9. The molecule has 2 aliphatic heterocycles. The lowest BCUT2D eigenvalue weighted by molar-refractivity contribution is 0.0565. The van der Waals surface area contributed by atoms with Gasteiger partial charge in [0.15, 0.2) is 4.87 Å². The Hall–Kier alpha value is -1.76. The second-order valence-electron chi connectivity index (χ2n) is 7.25. The Morgan fingerprint density at radius 2 is 2.25 bits per heavy atom. The van der Waals surface area contributed by atoms with Gasteiger partial charge in [-0.25, -0.2) is 0 Å². The molecule has 0 spiro atoms. The van der Waals surface area contributed by atoms with Crippen LogP contribution in [0.5, 0.6) is 0 Å². The van der Waals surface area contributed by atoms with E-state index in [-0.39, 0.29) is 11.5 Å². The van der Waals surface area contributed by atoms with Gasteiger partial charge in [0.2, 0.25) is 0 Å². The van der Waals surface area contributed by atoms with Crippen LogP contribution in [-0.4, -0.2) is 33.9 Å². The molecule has 24 heavy (non-hydrogen) atoms. The first-order valence-electron chi connectivity index (χ1n) is 8.68. The second-order valence-corrected chi connectivity index (χ2v) is 7.93. The van der Waals surface area contributed by atoms with Crippen LogP contribution in [0, 0.1) is 16.7 Å². The number of piperidine rings is 1. The first-order chi connectivity index (χ1) is 11.6. The summed E-state index contributed by atoms with van der Waals surface area (Å²) in [6, 6.07) is 10.8. The molecule has 1 aromatic carbocycles. The Balaban J connectivity index is 1.57. The van der Waals surface area contributed by atoms with E-state index >= 15 is 0 Å². The number of H-pyrrole nitrogens is 1. The van der Waals surface area contributed by atoms with E-state index < -0.39 is 4.87 Å². The van der Waals surface area contributed by atoms with E-state index in [1.165, 1.54) is 16.5 Å². The molecule has 124 valence electrons. The highest BCUT2D eigenvalue weighted by Gasteiger charge is 2.53. The molecule has 1 aromatic heterocycles. The fraction of sp³-hybridized carbons (Fsp3) is 0.450. The molecule has 2 bridgehead atoms. The molecule has 3 aliphatic rings. The summed E-state index contributed by atoms with van der Waals surface area (Å²) in [5.74, 6) is 0. The topological polar surface area (TPSA) is 42.8 Å². The zero-order valence-corrected chi connectivity index (χ0v) is 14.7. The molecule has 3 nitrogen and oxygen atoms in total. The third-order valence-electron chi connectivity index (χ3n) is 5.85. The predicted octanol–water partition coefficient (Wildman–Crippen LogP) is 4.25. The summed E-state index contributed by atoms with van der Waals surface area (Å²) in [6.45, 7) is 4.13. The maximum atomic E-state index is 9.65. The van der Waals surface area contributed by atoms with Crippen molar-refractivity contribution in [1.82, 2.24) is 9.88 Å². The van der Waals surface area contributed by atoms with Gasteiger partial charge in [-0.3, -0.25) is 4.90 Å². The van der Waals surface area contributed by atoms with Crippen molar-refractivity contribution in [3.63, 3.8) is 0 Å². The Morgan fingerprint density at radius 3 is 3.04 bits per heavy atom. The van der Waals surface area contributed by atoms with E-state index in [0.29, 0.717) is 0 Å². The van der Waals surface area contributed by atoms with Crippen molar-refractivity contribution in [2.45, 2.75) is 37.1 Å². The maximum absolute atomic E-state index is 9.65. The van der Waals surface area contributed by atoms with Crippen molar-refractivity contribution < 1.29 is 0 Å². The highest BCUT2D eigenvalue weighted by atomic mass is 35.5. The average Bonchev–Trinajstić information content (AvgIpc) is 3.03. The Bertz CT molecular complexity index is 833. The third-order valence-corrected chi connectivity index (χ3v) is 6.30. The molecule has 1 N–H and O–H groups in total. The summed E-state index contributed by atoms with van der Waals surface area (Å²) < 4.78 is 0. The summed E-state index contributed by atoms with van der Waals surface area (Å²) >= 11 is 6.71. The van der Waals surface area contributed by atoms with Crippen LogP contribution in [0.3, 0.4) is 0 Å². The van der Waals surface area contributed by atoms with E-state index in [2.05, 4.69) is 65.5 Å². The van der Waals surface area contributed by atoms with Gasteiger partial charge >= 0.3 is 0 Å². The Labute approximate surface area is 147 Å². The fourth-order valence-corrected chi connectivity index (χ4v) is 4.90. The first-order valence-corrected chi connectivity index (χ1v) is 9.05. The SMILES string of the molecule is CCC12C=CC(N(CCc3c[nH]c4ccccc34)C1)C(Cl)(C#N)C2. The molecule has 1 aliphatic carbocycles. The van der Waals surface area contributed by atoms with Crippen molar-refractivity contribution in [2.24, 2.45) is 5.41 Å². The number of halogens is 1. The van der Waals surface area contributed by atoms with Gasteiger partial charge in [0.25, 0.3) is 0 Å². The lowest BCUT2D eigenvalue weighted by Gasteiger charge is -2.54. The van der Waals surface area contributed by atoms with Crippen LogP contribution in [0.4, 0.5) is 0 Å². The molecule has 3 unspecified atom stereocenters. The summed E-state index contributed by atoms with van der Waals surface area (Å²) in [5.41, 5.74) is 2.56. The molecule has 5 rings (SSSR count). The average molecular weight is 340 g/mol. The standard InChI is InChI=1S/C20H22ClN3/c1-2-19-9-7-18(20(21,12-19)13-22)24(14-19)10-8-15-11-23-17-6-4-3-5-16(15)17/h3-7,9,11,18,23H,2,8,10,12,14H2,1H3. The number of nitrogens with one attached hydrogen (secondary N) is 1. The van der Waals surface area contributed by atoms with Gasteiger partial charge in [0.05, 0.1) is 12.1 Å². The zero-order chi connectivity index (χ0) is 16.8. The molecular weight excluding hydrogens is 318 g/mol. The minimum absolute atomic E-state index is 0.0165. The summed E-state index contributed by atoms with van der Waals surface area (Å²) in [4.78, 5) is 4.96. The Kier molecular flexibility index (Phi) is 3.71. The monoisotopic (exact) mass is 339 g/mol. The number of para-hydroxylation sites is 1. The molecule has 0 amide bonds. The number of hydrogen-bond donors (Lipinski definition) is 1. The molecular formula is C20H22ClN3. The van der Waals surface area contributed by atoms with E-state index in [4.69, 9.17) is 11.6 Å². The maximum Gasteiger partial charge on any atom is 0.150 e. The van der Waals surface area contributed by atoms with Crippen molar-refractivity contribution in [3.8, 4) is 6.07 Å². The molecule has 1 fully saturated rings. The smallest absolute Gasteiger partial charge is 0.150 e. The lowest BCUT2D eigenvalue weighted by Crippen LogP contribution is -2.62. The molecule has 1 saturated heterocycles. The van der Waals surface area contributed by atoms with E-state index in [1.807, 2.05) is 0 Å². The minimum Gasteiger partial charge on any atom is -0.361 e. The number of fused-ring (bicyclic) bond motifs is 3. The normalized spacial score (nSPS) is 32.3. The van der Waals surface area contributed by atoms with Crippen LogP contribution in [0.15, 0.2) is 42.6 Å². The number of alkyl halides is 1. The van der Waals surface area contributed by atoms with Crippen LogP contribution >= 0.6 is 11.6 Å². The van der Waals surface area contributed by atoms with Gasteiger partial charge in [0, 0.05) is 35.6 Å². The molecule has 0 saturated carbocycles. The van der Waals surface area contributed by atoms with Crippen LogP contribution in [0.1, 0.15) is 25.3 Å². The van der Waals surface area contributed by atoms with Crippen molar-refractivity contribution in [2.75, 3.05) is 13.1 Å². The van der Waals surface area contributed by atoms with Crippen LogP contribution in [0.25, 0.3) is 10.9 Å². The minimum atomic E-state index is -0.788. The number of hydrogen-bond acceptors (Lipinski definition) is 2. The van der Waals surface area contributed by atoms with Gasteiger partial charge in [-0.15, -0.1) is 11.6 Å². The molecule has 2 aromatic rings. The number of aromatic nitrogens is 1. The quantitative estimate of drug-likeness (QED) is 0.668. The van der Waals surface area contributed by atoms with E-state index in [0.717, 1.165) is 32.4 Å². The molecule has 3 atom stereocenters. The van der Waals surface area contributed by atoms with E-state index in [1.54, 1.807) is 0 Å². The summed E-state index contributed by atoms with van der Waals surface area (Å²) in [7, 11) is 0. The molecule has 0 radical (unpaired) electrons. The number of nitrogens with zero attached hydrogens (tertiary/aromatic N) is 2. The van der Waals surface area contributed by atoms with Crippen molar-refractivity contribution in [3.05, 3.63) is 48.2 Å². The largest absolute Gasteiger partial charge is 0.361 e. The van der Waals surface area contributed by atoms with Crippen LogP contribution in [0.2, 0.25) is 0 Å². The Morgan fingerprint density at radius 1 is 1.42 bits per heavy atom. The van der Waals surface area contributed by atoms with Crippen LogP contribution < -0.4 is 0 Å². The van der Waals surface area contributed by atoms with Crippen LogP contribution in [-0.2, 0) is 6.42 Å². The number of nitriles is 1. The third kappa shape index (κ3) is 2.37. The fourth-order valence-electron chi connectivity index (χ4n) is 4.43. The van der Waals surface area contributed by atoms with Crippen molar-refractivity contribution in [1.29, 1.82) is 5.26 Å². The number of aromatic amines is 1. The highest BCUT2D eigenvalue weighted by Crippen LogP contribution is 2.49. The predicted molar refractivity (Wildman–Crippen MR) is 98.0 cm³/mol. The van der Waals surface area contributed by atoms with Gasteiger partial charge in [-0.1, -0.05) is 37.3 Å². The lowest BCUT2D eigenvalue weighted by atomic mass is 9.66. The highest BCUT2D eigenvalue weighted by molar-refractivity contribution is 6.26. The molecule has 4 heteroatoms. The van der Waals surface area contributed by atoms with Gasteiger partial charge in [-0.2, -0.15) is 5.26 Å². The van der Waals surface area contributed by atoms with Gasteiger partial charge in [-0.05, 0) is 30.9 Å². The summed E-state index contributed by atoms with van der Waals surface area (Å²) in [6.07, 6.45) is 9.33.